The van der Waals surface area contributed by atoms with Crippen LogP contribution in [0.1, 0.15) is 24.6 Å². The molecular weight excluding hydrogens is 232 g/mol. The molecule has 6 heteroatoms. The summed E-state index contributed by atoms with van der Waals surface area (Å²) in [6, 6.07) is 2.13. The Labute approximate surface area is 106 Å². The van der Waals surface area contributed by atoms with Crippen molar-refractivity contribution < 1.29 is 9.84 Å². The molecule has 1 aliphatic rings. The largest absolute Gasteiger partial charge is 0.385 e. The summed E-state index contributed by atoms with van der Waals surface area (Å²) < 4.78 is 6.99. The zero-order chi connectivity index (χ0) is 13.3. The van der Waals surface area contributed by atoms with Gasteiger partial charge in [-0.2, -0.15) is 10.4 Å². The van der Waals surface area contributed by atoms with E-state index in [4.69, 9.17) is 10.00 Å². The van der Waals surface area contributed by atoms with Crippen molar-refractivity contribution in [3.8, 4) is 6.07 Å². The van der Waals surface area contributed by atoms with Crippen molar-refractivity contribution in [1.82, 2.24) is 9.78 Å². The Morgan fingerprint density at radius 3 is 3.00 bits per heavy atom. The molecule has 0 bridgehead atoms. The van der Waals surface area contributed by atoms with Gasteiger partial charge in [0.05, 0.1) is 11.8 Å². The summed E-state index contributed by atoms with van der Waals surface area (Å²) >= 11 is 0. The van der Waals surface area contributed by atoms with Gasteiger partial charge < -0.3 is 15.2 Å². The summed E-state index contributed by atoms with van der Waals surface area (Å²) in [5, 5.41) is 26.8. The summed E-state index contributed by atoms with van der Waals surface area (Å²) in [5.74, 6) is 0.641. The first-order valence-electron chi connectivity index (χ1n) is 5.99. The molecule has 1 aromatic heterocycles. The van der Waals surface area contributed by atoms with E-state index in [9.17, 15) is 5.11 Å². The summed E-state index contributed by atoms with van der Waals surface area (Å²) in [5.41, 5.74) is 0.322. The molecule has 2 atom stereocenters. The van der Waals surface area contributed by atoms with E-state index >= 15 is 0 Å². The van der Waals surface area contributed by atoms with Gasteiger partial charge in [-0.1, -0.05) is 0 Å². The van der Waals surface area contributed by atoms with Gasteiger partial charge in [0, 0.05) is 26.6 Å². The van der Waals surface area contributed by atoms with E-state index in [1.54, 1.807) is 18.7 Å². The Morgan fingerprint density at radius 2 is 2.44 bits per heavy atom. The third kappa shape index (κ3) is 2.07. The lowest BCUT2D eigenvalue weighted by molar-refractivity contribution is -0.0176. The first kappa shape index (κ1) is 12.9. The van der Waals surface area contributed by atoms with Crippen molar-refractivity contribution in [3.05, 3.63) is 11.3 Å². The van der Waals surface area contributed by atoms with Gasteiger partial charge in [0.25, 0.3) is 0 Å². The summed E-state index contributed by atoms with van der Waals surface area (Å²) in [4.78, 5) is 0. The van der Waals surface area contributed by atoms with Crippen LogP contribution in [-0.4, -0.2) is 39.7 Å². The quantitative estimate of drug-likeness (QED) is 0.818. The number of hydrogen-bond donors (Lipinski definition) is 2. The highest BCUT2D eigenvalue weighted by atomic mass is 16.5. The predicted molar refractivity (Wildman–Crippen MR) is 66.1 cm³/mol. The van der Waals surface area contributed by atoms with Gasteiger partial charge in [-0.25, -0.2) is 0 Å². The first-order valence-corrected chi connectivity index (χ1v) is 5.99. The van der Waals surface area contributed by atoms with Crippen LogP contribution in [0.25, 0.3) is 0 Å². The molecule has 0 aromatic carbocycles. The molecule has 1 aromatic rings. The van der Waals surface area contributed by atoms with Crippen LogP contribution in [0, 0.1) is 18.3 Å². The highest BCUT2D eigenvalue weighted by molar-refractivity contribution is 5.55. The second-order valence-electron chi connectivity index (χ2n) is 4.76. The van der Waals surface area contributed by atoms with E-state index in [1.807, 2.05) is 6.92 Å². The van der Waals surface area contributed by atoms with Crippen molar-refractivity contribution in [2.75, 3.05) is 18.5 Å². The summed E-state index contributed by atoms with van der Waals surface area (Å²) in [6.45, 7) is 4.56. The topological polar surface area (TPSA) is 83.1 Å². The molecule has 2 N–H and O–H groups in total. The molecule has 1 aliphatic heterocycles. The number of rotatable bonds is 3. The molecule has 18 heavy (non-hydrogen) atoms. The van der Waals surface area contributed by atoms with Crippen LogP contribution in [-0.2, 0) is 11.8 Å². The fourth-order valence-electron chi connectivity index (χ4n) is 2.23. The molecule has 2 unspecified atom stereocenters. The fourth-order valence-corrected chi connectivity index (χ4v) is 2.23. The number of anilines is 1. The van der Waals surface area contributed by atoms with E-state index in [0.717, 1.165) is 0 Å². The highest BCUT2D eigenvalue weighted by Crippen LogP contribution is 2.27. The number of nitrogens with one attached hydrogen (secondary N) is 1. The van der Waals surface area contributed by atoms with Crippen LogP contribution < -0.4 is 5.32 Å². The molecule has 0 amide bonds. The lowest BCUT2D eigenvalue weighted by atomic mass is 9.97. The van der Waals surface area contributed by atoms with Gasteiger partial charge in [0.2, 0.25) is 0 Å². The maximum Gasteiger partial charge on any atom is 0.142 e. The lowest BCUT2D eigenvalue weighted by Crippen LogP contribution is -2.43. The minimum absolute atomic E-state index is 0.204. The Morgan fingerprint density at radius 1 is 1.72 bits per heavy atom. The van der Waals surface area contributed by atoms with Gasteiger partial charge in [-0.05, 0) is 13.8 Å². The Balaban J connectivity index is 2.14. The number of hydrogen-bond acceptors (Lipinski definition) is 5. The third-order valence-electron chi connectivity index (χ3n) is 3.56. The van der Waals surface area contributed by atoms with E-state index in [1.165, 1.54) is 0 Å². The zero-order valence-corrected chi connectivity index (χ0v) is 10.9. The van der Waals surface area contributed by atoms with Crippen molar-refractivity contribution in [2.24, 2.45) is 7.05 Å². The number of nitriles is 1. The zero-order valence-electron chi connectivity index (χ0n) is 10.9. The Kier molecular flexibility index (Phi) is 3.28. The van der Waals surface area contributed by atoms with Gasteiger partial charge in [0.1, 0.15) is 23.1 Å². The molecule has 98 valence electrons. The average Bonchev–Trinajstić information content (AvgIpc) is 2.78. The molecule has 0 spiro atoms. The normalized spacial score (nSPS) is 27.2. The number of aryl methyl sites for hydroxylation is 2. The number of aliphatic hydroxyl groups is 1. The Bertz CT molecular complexity index is 491. The van der Waals surface area contributed by atoms with Crippen LogP contribution in [0.3, 0.4) is 0 Å². The van der Waals surface area contributed by atoms with Crippen LogP contribution in [0.2, 0.25) is 0 Å². The number of ether oxygens (including phenoxy) is 1. The van der Waals surface area contributed by atoms with Gasteiger partial charge >= 0.3 is 0 Å². The maximum atomic E-state index is 10.4. The minimum Gasteiger partial charge on any atom is -0.385 e. The highest BCUT2D eigenvalue weighted by Gasteiger charge is 2.39. The monoisotopic (exact) mass is 250 g/mol. The summed E-state index contributed by atoms with van der Waals surface area (Å²) in [6.07, 6.45) is 0.393. The van der Waals surface area contributed by atoms with Crippen LogP contribution >= 0.6 is 0 Å². The Hall–Kier alpha value is -1.58. The van der Waals surface area contributed by atoms with Crippen molar-refractivity contribution in [1.29, 1.82) is 5.26 Å². The maximum absolute atomic E-state index is 10.4. The SMILES string of the molecule is Cc1nn(C)c(NCC2(O)CCOC2C)c1C#N. The second kappa shape index (κ2) is 4.59. The van der Waals surface area contributed by atoms with Gasteiger partial charge in [-0.3, -0.25) is 4.68 Å². The van der Waals surface area contributed by atoms with Crippen molar-refractivity contribution >= 4 is 5.82 Å². The molecule has 1 saturated heterocycles. The standard InChI is InChI=1S/C12H18N4O2/c1-8-10(6-13)11(16(3)15-8)14-7-12(17)4-5-18-9(12)2/h9,14,17H,4-5,7H2,1-3H3. The lowest BCUT2D eigenvalue weighted by Gasteiger charge is -2.26. The molecule has 0 radical (unpaired) electrons. The minimum atomic E-state index is -0.884. The molecule has 6 nitrogen and oxygen atoms in total. The van der Waals surface area contributed by atoms with E-state index in [2.05, 4.69) is 16.5 Å². The second-order valence-corrected chi connectivity index (χ2v) is 4.76. The molecule has 2 rings (SSSR count). The smallest absolute Gasteiger partial charge is 0.142 e. The van der Waals surface area contributed by atoms with Crippen molar-refractivity contribution in [3.63, 3.8) is 0 Å². The van der Waals surface area contributed by atoms with Gasteiger partial charge in [0.15, 0.2) is 0 Å². The molecule has 2 heterocycles. The van der Waals surface area contributed by atoms with Crippen molar-refractivity contribution in [2.45, 2.75) is 32.0 Å². The molecule has 0 aliphatic carbocycles. The molecular formula is C12H18N4O2. The van der Waals surface area contributed by atoms with Crippen LogP contribution in [0.4, 0.5) is 5.82 Å². The fraction of sp³-hybridized carbons (Fsp3) is 0.667. The first-order chi connectivity index (χ1) is 8.48. The van der Waals surface area contributed by atoms with Crippen LogP contribution in [0.5, 0.6) is 0 Å². The average molecular weight is 250 g/mol. The van der Waals surface area contributed by atoms with Gasteiger partial charge in [-0.15, -0.1) is 0 Å². The molecule has 0 saturated carbocycles. The van der Waals surface area contributed by atoms with E-state index in [-0.39, 0.29) is 6.10 Å². The number of nitrogens with zero attached hydrogens (tertiary/aromatic N) is 3. The third-order valence-corrected chi connectivity index (χ3v) is 3.56. The summed E-state index contributed by atoms with van der Waals surface area (Å²) in [7, 11) is 1.77. The number of aromatic nitrogens is 2. The molecule has 1 fully saturated rings. The van der Waals surface area contributed by atoms with Crippen LogP contribution in [0.15, 0.2) is 0 Å². The van der Waals surface area contributed by atoms with E-state index in [0.29, 0.717) is 36.6 Å². The predicted octanol–water partition coefficient (Wildman–Crippen LogP) is 0.552. The van der Waals surface area contributed by atoms with E-state index < -0.39 is 5.60 Å².